The molecule has 31 heavy (non-hydrogen) atoms. The zero-order valence-corrected chi connectivity index (χ0v) is 17.3. The fraction of sp³-hybridized carbons (Fsp3) is 0.190. The number of ether oxygens (including phenoxy) is 4. The molecule has 0 radical (unpaired) electrons. The van der Waals surface area contributed by atoms with Crippen LogP contribution < -0.4 is 30.2 Å². The monoisotopic (exact) mass is 427 g/mol. The van der Waals surface area contributed by atoms with Crippen molar-refractivity contribution in [1.29, 1.82) is 0 Å². The number of rotatable bonds is 7. The molecule has 0 fully saturated rings. The summed E-state index contributed by atoms with van der Waals surface area (Å²) in [6, 6.07) is 9.60. The van der Waals surface area contributed by atoms with Crippen molar-refractivity contribution in [3.8, 4) is 34.6 Å². The van der Waals surface area contributed by atoms with E-state index in [1.807, 2.05) is 0 Å². The highest BCUT2D eigenvalue weighted by Gasteiger charge is 2.16. The quantitative estimate of drug-likeness (QED) is 0.553. The summed E-state index contributed by atoms with van der Waals surface area (Å²) in [6.07, 6.45) is 1.14. The van der Waals surface area contributed by atoms with E-state index in [0.29, 0.717) is 34.4 Å². The minimum atomic E-state index is -0.805. The third kappa shape index (κ3) is 4.22. The molecule has 162 valence electrons. The molecule has 3 aromatic rings. The fourth-order valence-electron chi connectivity index (χ4n) is 2.92. The number of H-pyrrole nitrogens is 1. The van der Waals surface area contributed by atoms with Crippen LogP contribution in [0.1, 0.15) is 5.56 Å². The Morgan fingerprint density at radius 2 is 1.65 bits per heavy atom. The van der Waals surface area contributed by atoms with Gasteiger partial charge in [-0.15, -0.1) is 0 Å². The number of nitrogens with one attached hydrogen (secondary N) is 1. The molecule has 0 amide bonds. The van der Waals surface area contributed by atoms with Crippen LogP contribution in [0.15, 0.2) is 51.0 Å². The molecule has 10 nitrogen and oxygen atoms in total. The maximum atomic E-state index is 12.3. The average Bonchev–Trinajstić information content (AvgIpc) is 2.77. The Bertz CT molecular complexity index is 1220. The van der Waals surface area contributed by atoms with Crippen LogP contribution in [0, 0.1) is 0 Å². The minimum Gasteiger partial charge on any atom is -0.497 e. The smallest absolute Gasteiger partial charge is 0.335 e. The Morgan fingerprint density at radius 1 is 0.968 bits per heavy atom. The van der Waals surface area contributed by atoms with E-state index in [9.17, 15) is 14.7 Å². The van der Waals surface area contributed by atoms with Gasteiger partial charge in [-0.3, -0.25) is 14.8 Å². The molecule has 0 saturated carbocycles. The first kappa shape index (κ1) is 21.5. The minimum absolute atomic E-state index is 0.212. The van der Waals surface area contributed by atoms with Crippen LogP contribution in [0.4, 0.5) is 5.69 Å². The lowest BCUT2D eigenvalue weighted by molar-refractivity contribution is 0.324. The van der Waals surface area contributed by atoms with Crippen molar-refractivity contribution in [3.05, 3.63) is 62.8 Å². The Morgan fingerprint density at radius 3 is 2.23 bits per heavy atom. The van der Waals surface area contributed by atoms with Gasteiger partial charge >= 0.3 is 5.69 Å². The van der Waals surface area contributed by atoms with Crippen molar-refractivity contribution in [3.63, 3.8) is 0 Å². The molecule has 1 aromatic heterocycles. The summed E-state index contributed by atoms with van der Waals surface area (Å²) >= 11 is 0. The van der Waals surface area contributed by atoms with Gasteiger partial charge in [-0.1, -0.05) is 6.07 Å². The van der Waals surface area contributed by atoms with E-state index in [2.05, 4.69) is 9.98 Å². The standard InChI is InChI=1S/C21H21N3O7/c1-28-14-7-5-6-13(10-14)24-20(26)15(19(25)23-21(24)27)11-22-12-8-16(29-2)18(31-4)17(9-12)30-3/h5-11,26H,1-4H3,(H,23,25,27). The van der Waals surface area contributed by atoms with E-state index < -0.39 is 17.1 Å². The number of benzene rings is 2. The van der Waals surface area contributed by atoms with Gasteiger partial charge in [0.05, 0.1) is 39.8 Å². The highest BCUT2D eigenvalue weighted by Crippen LogP contribution is 2.40. The number of aromatic nitrogens is 2. The first-order valence-corrected chi connectivity index (χ1v) is 9.00. The first-order valence-electron chi connectivity index (χ1n) is 9.00. The zero-order valence-electron chi connectivity index (χ0n) is 17.3. The molecule has 0 unspecified atom stereocenters. The van der Waals surface area contributed by atoms with Crippen LogP contribution >= 0.6 is 0 Å². The van der Waals surface area contributed by atoms with E-state index in [0.717, 1.165) is 10.8 Å². The molecule has 3 rings (SSSR count). The van der Waals surface area contributed by atoms with E-state index in [1.165, 1.54) is 28.4 Å². The Hall–Kier alpha value is -4.21. The molecule has 0 aliphatic rings. The van der Waals surface area contributed by atoms with Crippen LogP contribution in [0.25, 0.3) is 5.69 Å². The van der Waals surface area contributed by atoms with E-state index in [-0.39, 0.29) is 5.56 Å². The van der Waals surface area contributed by atoms with Crippen molar-refractivity contribution >= 4 is 11.9 Å². The summed E-state index contributed by atoms with van der Waals surface area (Å²) in [5.41, 5.74) is -1.14. The molecule has 0 bridgehead atoms. The van der Waals surface area contributed by atoms with Crippen molar-refractivity contribution in [2.45, 2.75) is 0 Å². The molecule has 0 atom stereocenters. The number of aliphatic imine (C=N–C) groups is 1. The maximum absolute atomic E-state index is 12.3. The van der Waals surface area contributed by atoms with Gasteiger partial charge in [-0.05, 0) is 12.1 Å². The molecule has 2 N–H and O–H groups in total. The van der Waals surface area contributed by atoms with Crippen molar-refractivity contribution in [2.75, 3.05) is 28.4 Å². The van der Waals surface area contributed by atoms with E-state index >= 15 is 0 Å². The summed E-state index contributed by atoms with van der Waals surface area (Å²) in [5, 5.41) is 10.7. The summed E-state index contributed by atoms with van der Waals surface area (Å²) in [6.45, 7) is 0. The highest BCUT2D eigenvalue weighted by atomic mass is 16.5. The van der Waals surface area contributed by atoms with E-state index in [1.54, 1.807) is 36.4 Å². The lowest BCUT2D eigenvalue weighted by Gasteiger charge is -2.12. The number of nitrogens with zero attached hydrogens (tertiary/aromatic N) is 2. The second-order valence-electron chi connectivity index (χ2n) is 6.18. The Labute approximate surface area is 176 Å². The van der Waals surface area contributed by atoms with Gasteiger partial charge in [0.2, 0.25) is 11.6 Å². The summed E-state index contributed by atoms with van der Waals surface area (Å²) in [5.74, 6) is 1.03. The largest absolute Gasteiger partial charge is 0.497 e. The predicted molar refractivity (Wildman–Crippen MR) is 114 cm³/mol. The topological polar surface area (TPSA) is 124 Å². The maximum Gasteiger partial charge on any atom is 0.335 e. The average molecular weight is 427 g/mol. The number of hydrogen-bond donors (Lipinski definition) is 2. The van der Waals surface area contributed by atoms with Gasteiger partial charge in [0.1, 0.15) is 11.3 Å². The van der Waals surface area contributed by atoms with Crippen LogP contribution in [0.2, 0.25) is 0 Å². The van der Waals surface area contributed by atoms with Crippen LogP contribution in [0.5, 0.6) is 28.9 Å². The summed E-state index contributed by atoms with van der Waals surface area (Å²) in [4.78, 5) is 31.1. The number of hydrogen-bond acceptors (Lipinski definition) is 8. The third-order valence-corrected chi connectivity index (χ3v) is 4.42. The molecular weight excluding hydrogens is 406 g/mol. The lowest BCUT2D eigenvalue weighted by Crippen LogP contribution is -2.31. The lowest BCUT2D eigenvalue weighted by atomic mass is 10.2. The predicted octanol–water partition coefficient (Wildman–Crippen LogP) is 2.02. The number of methoxy groups -OCH3 is 4. The van der Waals surface area contributed by atoms with Crippen LogP contribution in [0.3, 0.4) is 0 Å². The number of aromatic amines is 1. The second-order valence-corrected chi connectivity index (χ2v) is 6.18. The molecule has 0 spiro atoms. The van der Waals surface area contributed by atoms with E-state index in [4.69, 9.17) is 18.9 Å². The molecule has 2 aromatic carbocycles. The second kappa shape index (κ2) is 9.08. The fourth-order valence-corrected chi connectivity index (χ4v) is 2.92. The Kier molecular flexibility index (Phi) is 6.29. The highest BCUT2D eigenvalue weighted by molar-refractivity contribution is 5.84. The Balaban J connectivity index is 2.11. The first-order chi connectivity index (χ1) is 14.9. The molecule has 1 heterocycles. The third-order valence-electron chi connectivity index (χ3n) is 4.42. The molecule has 0 saturated heterocycles. The van der Waals surface area contributed by atoms with Gasteiger partial charge in [-0.25, -0.2) is 9.36 Å². The zero-order chi connectivity index (χ0) is 22.5. The van der Waals surface area contributed by atoms with Gasteiger partial charge in [0, 0.05) is 24.4 Å². The van der Waals surface area contributed by atoms with Crippen LogP contribution in [-0.4, -0.2) is 49.3 Å². The molecule has 0 aliphatic carbocycles. The van der Waals surface area contributed by atoms with Crippen LogP contribution in [-0.2, 0) is 0 Å². The SMILES string of the molecule is COc1cccc(-n2c(O)c(C=Nc3cc(OC)c(OC)c(OC)c3)c(=O)[nH]c2=O)c1. The molecular formula is C21H21N3O7. The van der Waals surface area contributed by atoms with Gasteiger partial charge in [0.15, 0.2) is 11.5 Å². The van der Waals surface area contributed by atoms with Gasteiger partial charge < -0.3 is 24.1 Å². The normalized spacial score (nSPS) is 10.8. The van der Waals surface area contributed by atoms with Gasteiger partial charge in [-0.2, -0.15) is 0 Å². The summed E-state index contributed by atoms with van der Waals surface area (Å²) in [7, 11) is 5.88. The summed E-state index contributed by atoms with van der Waals surface area (Å²) < 4.78 is 21.9. The van der Waals surface area contributed by atoms with Gasteiger partial charge in [0.25, 0.3) is 5.56 Å². The van der Waals surface area contributed by atoms with Crippen molar-refractivity contribution in [1.82, 2.24) is 9.55 Å². The van der Waals surface area contributed by atoms with Crippen molar-refractivity contribution in [2.24, 2.45) is 4.99 Å². The molecule has 10 heteroatoms. The van der Waals surface area contributed by atoms with Crippen molar-refractivity contribution < 1.29 is 24.1 Å². The number of aromatic hydroxyl groups is 1. The molecule has 0 aliphatic heterocycles.